The van der Waals surface area contributed by atoms with Crippen molar-refractivity contribution in [3.63, 3.8) is 0 Å². The number of likely N-dealkylation sites (N-methyl/N-ethyl adjacent to an activating group) is 1. The number of rotatable bonds is 4. The Labute approximate surface area is 152 Å². The van der Waals surface area contributed by atoms with E-state index in [2.05, 4.69) is 29.2 Å². The molecule has 8 heteroatoms. The molecule has 2 saturated heterocycles. The van der Waals surface area contributed by atoms with Gasteiger partial charge in [0.1, 0.15) is 11.9 Å². The van der Waals surface area contributed by atoms with Gasteiger partial charge in [0, 0.05) is 31.4 Å². The SMILES string of the molecule is CN(C)C1CCN(c2ccc(N3CCC[C@@H](NC(N)=O)C3=O)c(F)c2)C1. The lowest BCUT2D eigenvalue weighted by molar-refractivity contribution is -0.121. The third kappa shape index (κ3) is 3.75. The van der Waals surface area contributed by atoms with E-state index in [0.717, 1.165) is 25.2 Å². The van der Waals surface area contributed by atoms with Crippen molar-refractivity contribution in [1.29, 1.82) is 0 Å². The number of halogens is 1. The van der Waals surface area contributed by atoms with Crippen LogP contribution in [0.3, 0.4) is 0 Å². The first-order valence-electron chi connectivity index (χ1n) is 8.95. The minimum Gasteiger partial charge on any atom is -0.370 e. The third-order valence-corrected chi connectivity index (χ3v) is 5.24. The smallest absolute Gasteiger partial charge is 0.312 e. The third-order valence-electron chi connectivity index (χ3n) is 5.24. The highest BCUT2D eigenvalue weighted by atomic mass is 19.1. The number of hydrogen-bond donors (Lipinski definition) is 2. The number of carbonyl (C=O) groups is 2. The van der Waals surface area contributed by atoms with Crippen molar-refractivity contribution >= 4 is 23.3 Å². The van der Waals surface area contributed by atoms with Crippen molar-refractivity contribution in [2.75, 3.05) is 43.5 Å². The highest BCUT2D eigenvalue weighted by Gasteiger charge is 2.32. The van der Waals surface area contributed by atoms with E-state index < -0.39 is 17.9 Å². The second-order valence-corrected chi connectivity index (χ2v) is 7.18. The molecule has 2 heterocycles. The van der Waals surface area contributed by atoms with Gasteiger partial charge in [-0.15, -0.1) is 0 Å². The summed E-state index contributed by atoms with van der Waals surface area (Å²) in [7, 11) is 4.10. The van der Waals surface area contributed by atoms with Crippen molar-refractivity contribution in [1.82, 2.24) is 10.2 Å². The summed E-state index contributed by atoms with van der Waals surface area (Å²) in [5, 5.41) is 2.43. The Morgan fingerprint density at radius 2 is 2.08 bits per heavy atom. The highest BCUT2D eigenvalue weighted by molar-refractivity contribution is 5.99. The van der Waals surface area contributed by atoms with Crippen LogP contribution in [0.1, 0.15) is 19.3 Å². The monoisotopic (exact) mass is 363 g/mol. The van der Waals surface area contributed by atoms with Crippen LogP contribution in [0.2, 0.25) is 0 Å². The van der Waals surface area contributed by atoms with Crippen LogP contribution < -0.4 is 20.9 Å². The molecule has 2 aliphatic rings. The quantitative estimate of drug-likeness (QED) is 0.840. The van der Waals surface area contributed by atoms with Crippen LogP contribution in [-0.4, -0.2) is 62.7 Å². The summed E-state index contributed by atoms with van der Waals surface area (Å²) < 4.78 is 14.8. The van der Waals surface area contributed by atoms with Gasteiger partial charge >= 0.3 is 6.03 Å². The molecule has 3 N–H and O–H groups in total. The number of urea groups is 1. The zero-order valence-electron chi connectivity index (χ0n) is 15.2. The van der Waals surface area contributed by atoms with E-state index in [0.29, 0.717) is 25.4 Å². The summed E-state index contributed by atoms with van der Waals surface area (Å²) in [6.45, 7) is 2.17. The van der Waals surface area contributed by atoms with Gasteiger partial charge in [-0.3, -0.25) is 4.79 Å². The molecule has 0 aromatic heterocycles. The molecule has 2 fully saturated rings. The van der Waals surface area contributed by atoms with E-state index in [1.165, 1.54) is 11.0 Å². The van der Waals surface area contributed by atoms with Crippen molar-refractivity contribution in [3.05, 3.63) is 24.0 Å². The lowest BCUT2D eigenvalue weighted by atomic mass is 10.0. The second kappa shape index (κ2) is 7.49. The molecule has 0 aliphatic carbocycles. The molecule has 2 aliphatic heterocycles. The second-order valence-electron chi connectivity index (χ2n) is 7.18. The van der Waals surface area contributed by atoms with E-state index in [1.54, 1.807) is 6.07 Å². The van der Waals surface area contributed by atoms with Gasteiger partial charge in [0.2, 0.25) is 5.91 Å². The molecule has 1 aromatic rings. The molecule has 26 heavy (non-hydrogen) atoms. The number of piperidine rings is 1. The normalized spacial score (nSPS) is 23.6. The summed E-state index contributed by atoms with van der Waals surface area (Å²) in [6.07, 6.45) is 2.23. The van der Waals surface area contributed by atoms with Gasteiger partial charge in [0.05, 0.1) is 5.69 Å². The van der Waals surface area contributed by atoms with Crippen molar-refractivity contribution in [2.45, 2.75) is 31.3 Å². The fourth-order valence-corrected chi connectivity index (χ4v) is 3.73. The van der Waals surface area contributed by atoms with Crippen molar-refractivity contribution < 1.29 is 14.0 Å². The summed E-state index contributed by atoms with van der Waals surface area (Å²) >= 11 is 0. The number of carbonyl (C=O) groups excluding carboxylic acids is 2. The fraction of sp³-hybridized carbons (Fsp3) is 0.556. The first kappa shape index (κ1) is 18.4. The van der Waals surface area contributed by atoms with Crippen molar-refractivity contribution in [2.24, 2.45) is 5.73 Å². The molecule has 1 unspecified atom stereocenters. The number of nitrogens with one attached hydrogen (secondary N) is 1. The molecular weight excluding hydrogens is 337 g/mol. The summed E-state index contributed by atoms with van der Waals surface area (Å²) in [5.41, 5.74) is 6.19. The van der Waals surface area contributed by atoms with Gasteiger partial charge in [-0.2, -0.15) is 0 Å². The molecule has 0 bridgehead atoms. The number of benzene rings is 1. The number of nitrogens with two attached hydrogens (primary N) is 1. The minimum atomic E-state index is -0.745. The maximum Gasteiger partial charge on any atom is 0.312 e. The average molecular weight is 363 g/mol. The summed E-state index contributed by atoms with van der Waals surface area (Å²) in [4.78, 5) is 29.3. The zero-order chi connectivity index (χ0) is 18.8. The zero-order valence-corrected chi connectivity index (χ0v) is 15.2. The molecule has 7 nitrogen and oxygen atoms in total. The lowest BCUT2D eigenvalue weighted by Crippen LogP contribution is -2.53. The van der Waals surface area contributed by atoms with Crippen LogP contribution >= 0.6 is 0 Å². The van der Waals surface area contributed by atoms with Gasteiger partial charge in [-0.25, -0.2) is 9.18 Å². The molecule has 2 atom stereocenters. The van der Waals surface area contributed by atoms with E-state index in [9.17, 15) is 14.0 Å². The maximum absolute atomic E-state index is 14.8. The Kier molecular flexibility index (Phi) is 5.31. The van der Waals surface area contributed by atoms with E-state index >= 15 is 0 Å². The predicted octanol–water partition coefficient (Wildman–Crippen LogP) is 1.13. The van der Waals surface area contributed by atoms with Crippen LogP contribution in [0.4, 0.5) is 20.6 Å². The number of hydrogen-bond acceptors (Lipinski definition) is 4. The molecule has 142 valence electrons. The van der Waals surface area contributed by atoms with E-state index in [4.69, 9.17) is 5.73 Å². The van der Waals surface area contributed by atoms with Gasteiger partial charge in [0.15, 0.2) is 0 Å². The standard InChI is InChI=1S/C18H26FN5O2/c1-22(2)13-7-9-23(11-13)12-5-6-16(14(19)10-12)24-8-3-4-15(17(24)25)21-18(20)26/h5-6,10,13,15H,3-4,7-9,11H2,1-2H3,(H3,20,21,26)/t13?,15-/m1/s1. The fourth-order valence-electron chi connectivity index (χ4n) is 3.73. The number of primary amides is 1. The van der Waals surface area contributed by atoms with Gasteiger partial charge in [0.25, 0.3) is 0 Å². The Morgan fingerprint density at radius 3 is 2.69 bits per heavy atom. The summed E-state index contributed by atoms with van der Waals surface area (Å²) in [5.74, 6) is -0.751. The van der Waals surface area contributed by atoms with Gasteiger partial charge in [-0.1, -0.05) is 0 Å². The Bertz CT molecular complexity index is 696. The van der Waals surface area contributed by atoms with Crippen LogP contribution in [-0.2, 0) is 4.79 Å². The molecule has 0 spiro atoms. The molecule has 3 amide bonds. The van der Waals surface area contributed by atoms with Crippen LogP contribution in [0, 0.1) is 5.82 Å². The van der Waals surface area contributed by atoms with Gasteiger partial charge in [-0.05, 0) is 51.6 Å². The Hall–Kier alpha value is -2.35. The van der Waals surface area contributed by atoms with E-state index in [-0.39, 0.29) is 11.6 Å². The molecule has 0 saturated carbocycles. The Balaban J connectivity index is 1.75. The molecule has 3 rings (SSSR count). The number of nitrogens with zero attached hydrogens (tertiary/aromatic N) is 3. The summed E-state index contributed by atoms with van der Waals surface area (Å²) in [6, 6.07) is 4.02. The highest BCUT2D eigenvalue weighted by Crippen LogP contribution is 2.30. The Morgan fingerprint density at radius 1 is 1.31 bits per heavy atom. The first-order chi connectivity index (χ1) is 12.4. The number of anilines is 2. The lowest BCUT2D eigenvalue weighted by Gasteiger charge is -2.33. The van der Waals surface area contributed by atoms with Crippen LogP contribution in [0.15, 0.2) is 18.2 Å². The average Bonchev–Trinajstić information content (AvgIpc) is 3.07. The molecular formula is C18H26FN5O2. The molecule has 0 radical (unpaired) electrons. The topological polar surface area (TPSA) is 81.9 Å². The van der Waals surface area contributed by atoms with Crippen molar-refractivity contribution in [3.8, 4) is 0 Å². The maximum atomic E-state index is 14.8. The first-order valence-corrected chi connectivity index (χ1v) is 8.95. The minimum absolute atomic E-state index is 0.248. The van der Waals surface area contributed by atoms with E-state index in [1.807, 2.05) is 6.07 Å². The van der Waals surface area contributed by atoms with Gasteiger partial charge < -0.3 is 25.8 Å². The molecule has 1 aromatic carbocycles. The largest absolute Gasteiger partial charge is 0.370 e. The predicted molar refractivity (Wildman–Crippen MR) is 98.8 cm³/mol. The van der Waals surface area contributed by atoms with Crippen LogP contribution in [0.5, 0.6) is 0 Å². The van der Waals surface area contributed by atoms with Crippen LogP contribution in [0.25, 0.3) is 0 Å². The number of amides is 3.